The van der Waals surface area contributed by atoms with Gasteiger partial charge < -0.3 is 4.74 Å². The fraction of sp³-hybridized carbons (Fsp3) is 0.900. The maximum absolute atomic E-state index is 11.4. The molecule has 12 heavy (non-hydrogen) atoms. The summed E-state index contributed by atoms with van der Waals surface area (Å²) in [5, 5.41) is 0. The molecular formula is C10H16O2. The number of carbonyl (C=O) groups is 1. The molecule has 0 aromatic carbocycles. The van der Waals surface area contributed by atoms with Gasteiger partial charge in [0.1, 0.15) is 5.60 Å². The van der Waals surface area contributed by atoms with E-state index in [4.69, 9.17) is 4.74 Å². The second-order valence-corrected chi connectivity index (χ2v) is 4.52. The molecule has 3 unspecified atom stereocenters. The molecule has 0 radical (unpaired) electrons. The van der Waals surface area contributed by atoms with Gasteiger partial charge in [-0.1, -0.05) is 6.92 Å². The van der Waals surface area contributed by atoms with Crippen LogP contribution >= 0.6 is 0 Å². The minimum absolute atomic E-state index is 0.0217. The van der Waals surface area contributed by atoms with Crippen LogP contribution in [0.2, 0.25) is 0 Å². The fourth-order valence-electron chi connectivity index (χ4n) is 2.54. The van der Waals surface area contributed by atoms with Gasteiger partial charge in [-0.25, -0.2) is 0 Å². The Kier molecular flexibility index (Phi) is 1.67. The molecule has 2 bridgehead atoms. The number of hydrogen-bond acceptors (Lipinski definition) is 2. The maximum Gasteiger partial charge on any atom is 0.309 e. The van der Waals surface area contributed by atoms with Crippen molar-refractivity contribution in [3.63, 3.8) is 0 Å². The van der Waals surface area contributed by atoms with E-state index in [1.807, 2.05) is 6.92 Å². The molecule has 1 saturated carbocycles. The third-order valence-electron chi connectivity index (χ3n) is 3.40. The van der Waals surface area contributed by atoms with Gasteiger partial charge in [0.15, 0.2) is 0 Å². The third-order valence-corrected chi connectivity index (χ3v) is 3.40. The number of ether oxygens (including phenoxy) is 1. The normalized spacial score (nSPS) is 47.0. The van der Waals surface area contributed by atoms with E-state index in [1.165, 1.54) is 12.8 Å². The van der Waals surface area contributed by atoms with Crippen LogP contribution in [-0.4, -0.2) is 11.6 Å². The summed E-state index contributed by atoms with van der Waals surface area (Å²) in [6.45, 7) is 4.07. The first-order valence-corrected chi connectivity index (χ1v) is 4.84. The first-order valence-electron chi connectivity index (χ1n) is 4.84. The Morgan fingerprint density at radius 1 is 1.58 bits per heavy atom. The number of rotatable bonds is 0. The Labute approximate surface area is 73.3 Å². The second-order valence-electron chi connectivity index (χ2n) is 4.52. The van der Waals surface area contributed by atoms with E-state index < -0.39 is 0 Å². The zero-order valence-electron chi connectivity index (χ0n) is 7.80. The van der Waals surface area contributed by atoms with Crippen molar-refractivity contribution in [2.75, 3.05) is 0 Å². The smallest absolute Gasteiger partial charge is 0.309 e. The lowest BCUT2D eigenvalue weighted by atomic mass is 9.71. The standard InChI is InChI=1S/C10H16O2/c1-7-8-4-3-5-10(2,6-8)12-9(7)11/h7-8H,3-6H2,1-2H3. The largest absolute Gasteiger partial charge is 0.459 e. The SMILES string of the molecule is CC1C(=O)OC2(C)CCCC1C2. The molecule has 2 heteroatoms. The average Bonchev–Trinajstić information content (AvgIpc) is 2.00. The molecular weight excluding hydrogens is 152 g/mol. The lowest BCUT2D eigenvalue weighted by Gasteiger charge is -2.44. The number of carbonyl (C=O) groups excluding carboxylic acids is 1. The number of hydrogen-bond donors (Lipinski definition) is 0. The van der Waals surface area contributed by atoms with Crippen molar-refractivity contribution in [2.24, 2.45) is 11.8 Å². The van der Waals surface area contributed by atoms with E-state index in [0.717, 1.165) is 12.8 Å². The highest BCUT2D eigenvalue weighted by Crippen LogP contribution is 2.43. The molecule has 0 aromatic heterocycles. The van der Waals surface area contributed by atoms with E-state index in [1.54, 1.807) is 0 Å². The van der Waals surface area contributed by atoms with Gasteiger partial charge in [0, 0.05) is 0 Å². The summed E-state index contributed by atoms with van der Waals surface area (Å²) >= 11 is 0. The first-order chi connectivity index (χ1) is 5.61. The van der Waals surface area contributed by atoms with Crippen molar-refractivity contribution >= 4 is 5.97 Å². The monoisotopic (exact) mass is 168 g/mol. The van der Waals surface area contributed by atoms with E-state index in [9.17, 15) is 4.79 Å². The molecule has 0 spiro atoms. The highest BCUT2D eigenvalue weighted by molar-refractivity contribution is 5.73. The van der Waals surface area contributed by atoms with Gasteiger partial charge in [0.05, 0.1) is 5.92 Å². The van der Waals surface area contributed by atoms with E-state index >= 15 is 0 Å². The molecule has 1 heterocycles. The highest BCUT2D eigenvalue weighted by Gasteiger charge is 2.44. The van der Waals surface area contributed by atoms with Crippen molar-refractivity contribution < 1.29 is 9.53 Å². The van der Waals surface area contributed by atoms with Crippen LogP contribution in [0.15, 0.2) is 0 Å². The van der Waals surface area contributed by atoms with E-state index in [2.05, 4.69) is 6.92 Å². The van der Waals surface area contributed by atoms with Crippen molar-refractivity contribution in [1.29, 1.82) is 0 Å². The summed E-state index contributed by atoms with van der Waals surface area (Å²) < 4.78 is 5.42. The molecule has 2 aliphatic rings. The van der Waals surface area contributed by atoms with Crippen molar-refractivity contribution in [3.05, 3.63) is 0 Å². The molecule has 2 rings (SSSR count). The minimum Gasteiger partial charge on any atom is -0.459 e. The zero-order chi connectivity index (χ0) is 8.77. The molecule has 0 aromatic rings. The van der Waals surface area contributed by atoms with Gasteiger partial charge in [-0.2, -0.15) is 0 Å². The molecule has 2 fully saturated rings. The van der Waals surface area contributed by atoms with Crippen molar-refractivity contribution in [2.45, 2.75) is 45.1 Å². The second kappa shape index (κ2) is 2.48. The predicted octanol–water partition coefficient (Wildman–Crippen LogP) is 2.13. The Hall–Kier alpha value is -0.530. The average molecular weight is 168 g/mol. The Balaban J connectivity index is 2.20. The van der Waals surface area contributed by atoms with Crippen LogP contribution < -0.4 is 0 Å². The molecule has 3 atom stereocenters. The molecule has 1 aliphatic carbocycles. The van der Waals surface area contributed by atoms with Gasteiger partial charge >= 0.3 is 5.97 Å². The topological polar surface area (TPSA) is 26.3 Å². The molecule has 2 nitrogen and oxygen atoms in total. The van der Waals surface area contributed by atoms with Crippen molar-refractivity contribution in [3.8, 4) is 0 Å². The zero-order valence-corrected chi connectivity index (χ0v) is 7.80. The quantitative estimate of drug-likeness (QED) is 0.518. The highest BCUT2D eigenvalue weighted by atomic mass is 16.6. The molecule has 0 N–H and O–H groups in total. The van der Waals surface area contributed by atoms with E-state index in [0.29, 0.717) is 5.92 Å². The summed E-state index contributed by atoms with van der Waals surface area (Å²) in [5.74, 6) is 0.747. The number of fused-ring (bicyclic) bond motifs is 2. The molecule has 1 aliphatic heterocycles. The van der Waals surface area contributed by atoms with Crippen LogP contribution in [-0.2, 0) is 9.53 Å². The fourth-order valence-corrected chi connectivity index (χ4v) is 2.54. The molecule has 0 amide bonds. The Morgan fingerprint density at radius 2 is 2.33 bits per heavy atom. The van der Waals surface area contributed by atoms with Gasteiger partial charge in [-0.3, -0.25) is 4.79 Å². The van der Waals surface area contributed by atoms with Gasteiger partial charge in [0.2, 0.25) is 0 Å². The van der Waals surface area contributed by atoms with Crippen LogP contribution in [0.4, 0.5) is 0 Å². The van der Waals surface area contributed by atoms with Gasteiger partial charge in [-0.15, -0.1) is 0 Å². The molecule has 68 valence electrons. The molecule has 1 saturated heterocycles. The first kappa shape index (κ1) is 8.09. The van der Waals surface area contributed by atoms with Crippen molar-refractivity contribution in [1.82, 2.24) is 0 Å². The summed E-state index contributed by atoms with van der Waals surface area (Å²) in [4.78, 5) is 11.4. The summed E-state index contributed by atoms with van der Waals surface area (Å²) in [6.07, 6.45) is 4.58. The van der Waals surface area contributed by atoms with Crippen LogP contribution in [0.3, 0.4) is 0 Å². The van der Waals surface area contributed by atoms with Crippen LogP contribution in [0.5, 0.6) is 0 Å². The van der Waals surface area contributed by atoms with Crippen LogP contribution in [0, 0.1) is 11.8 Å². The van der Waals surface area contributed by atoms with Crippen LogP contribution in [0.1, 0.15) is 39.5 Å². The van der Waals surface area contributed by atoms with E-state index in [-0.39, 0.29) is 17.5 Å². The van der Waals surface area contributed by atoms with Gasteiger partial charge in [-0.05, 0) is 38.5 Å². The summed E-state index contributed by atoms with van der Waals surface area (Å²) in [6, 6.07) is 0. The lowest BCUT2D eigenvalue weighted by molar-refractivity contribution is -0.183. The lowest BCUT2D eigenvalue weighted by Crippen LogP contribution is -2.47. The van der Waals surface area contributed by atoms with Crippen LogP contribution in [0.25, 0.3) is 0 Å². The minimum atomic E-state index is -0.119. The number of esters is 1. The third kappa shape index (κ3) is 1.13. The summed E-state index contributed by atoms with van der Waals surface area (Å²) in [7, 11) is 0. The maximum atomic E-state index is 11.4. The van der Waals surface area contributed by atoms with Gasteiger partial charge in [0.25, 0.3) is 0 Å². The Bertz CT molecular complexity index is 212. The Morgan fingerprint density at radius 3 is 3.08 bits per heavy atom. The predicted molar refractivity (Wildman–Crippen MR) is 45.6 cm³/mol. The summed E-state index contributed by atoms with van der Waals surface area (Å²) in [5.41, 5.74) is -0.119.